The van der Waals surface area contributed by atoms with Crippen LogP contribution in [0.5, 0.6) is 0 Å². The Kier molecular flexibility index (Phi) is 5.79. The van der Waals surface area contributed by atoms with E-state index in [1.165, 1.54) is 19.4 Å². The molecule has 2 rings (SSSR count). The SMILES string of the molecule is CC(C)Cn1ncnc1COCCC1CCCNC1. The molecule has 1 aromatic heterocycles. The van der Waals surface area contributed by atoms with Gasteiger partial charge in [0.05, 0.1) is 0 Å². The van der Waals surface area contributed by atoms with Gasteiger partial charge >= 0.3 is 0 Å². The topological polar surface area (TPSA) is 52.0 Å². The van der Waals surface area contributed by atoms with Crippen molar-refractivity contribution in [3.8, 4) is 0 Å². The summed E-state index contributed by atoms with van der Waals surface area (Å²) in [6.45, 7) is 8.99. The van der Waals surface area contributed by atoms with Gasteiger partial charge in [0.15, 0.2) is 5.82 Å². The summed E-state index contributed by atoms with van der Waals surface area (Å²) >= 11 is 0. The van der Waals surface area contributed by atoms with Crippen molar-refractivity contribution in [2.75, 3.05) is 19.7 Å². The Balaban J connectivity index is 1.66. The third kappa shape index (κ3) is 4.91. The number of rotatable bonds is 7. The van der Waals surface area contributed by atoms with E-state index in [4.69, 9.17) is 4.74 Å². The molecular weight excluding hydrogens is 240 g/mol. The molecule has 1 aromatic rings. The number of hydrogen-bond donors (Lipinski definition) is 1. The van der Waals surface area contributed by atoms with Crippen LogP contribution in [0, 0.1) is 11.8 Å². The second kappa shape index (κ2) is 7.60. The normalized spacial score (nSPS) is 20.1. The molecule has 0 bridgehead atoms. The highest BCUT2D eigenvalue weighted by Gasteiger charge is 2.12. The monoisotopic (exact) mass is 266 g/mol. The Morgan fingerprint density at radius 3 is 3.16 bits per heavy atom. The van der Waals surface area contributed by atoms with Gasteiger partial charge in [0.2, 0.25) is 0 Å². The summed E-state index contributed by atoms with van der Waals surface area (Å²) in [4.78, 5) is 4.27. The predicted molar refractivity (Wildman–Crippen MR) is 74.7 cm³/mol. The molecule has 1 aliphatic heterocycles. The van der Waals surface area contributed by atoms with Crippen molar-refractivity contribution in [2.45, 2.75) is 46.3 Å². The van der Waals surface area contributed by atoms with Crippen LogP contribution in [0.2, 0.25) is 0 Å². The highest BCUT2D eigenvalue weighted by atomic mass is 16.5. The van der Waals surface area contributed by atoms with Gasteiger partial charge in [-0.25, -0.2) is 9.67 Å². The fourth-order valence-corrected chi connectivity index (χ4v) is 2.48. The third-order valence-corrected chi connectivity index (χ3v) is 3.53. The summed E-state index contributed by atoms with van der Waals surface area (Å²) in [5.74, 6) is 2.30. The van der Waals surface area contributed by atoms with Gasteiger partial charge in [-0.3, -0.25) is 0 Å². The molecule has 19 heavy (non-hydrogen) atoms. The van der Waals surface area contributed by atoms with Crippen molar-refractivity contribution >= 4 is 0 Å². The first kappa shape index (κ1) is 14.5. The van der Waals surface area contributed by atoms with Gasteiger partial charge in [0.1, 0.15) is 12.9 Å². The van der Waals surface area contributed by atoms with Crippen molar-refractivity contribution in [3.05, 3.63) is 12.2 Å². The van der Waals surface area contributed by atoms with Crippen LogP contribution < -0.4 is 5.32 Å². The average molecular weight is 266 g/mol. The van der Waals surface area contributed by atoms with Crippen LogP contribution in [-0.4, -0.2) is 34.5 Å². The number of aromatic nitrogens is 3. The first-order valence-electron chi connectivity index (χ1n) is 7.41. The molecule has 1 saturated heterocycles. The van der Waals surface area contributed by atoms with E-state index in [9.17, 15) is 0 Å². The van der Waals surface area contributed by atoms with Gasteiger partial charge in [-0.1, -0.05) is 13.8 Å². The van der Waals surface area contributed by atoms with Crippen LogP contribution in [0.15, 0.2) is 6.33 Å². The predicted octanol–water partition coefficient (Wildman–Crippen LogP) is 1.84. The maximum absolute atomic E-state index is 5.75. The highest BCUT2D eigenvalue weighted by Crippen LogP contribution is 2.14. The Morgan fingerprint density at radius 2 is 2.42 bits per heavy atom. The van der Waals surface area contributed by atoms with Gasteiger partial charge in [-0.15, -0.1) is 0 Å². The largest absolute Gasteiger partial charge is 0.373 e. The van der Waals surface area contributed by atoms with Crippen LogP contribution in [0.1, 0.15) is 38.9 Å². The summed E-state index contributed by atoms with van der Waals surface area (Å²) in [6.07, 6.45) is 5.39. The lowest BCUT2D eigenvalue weighted by molar-refractivity contribution is 0.0954. The molecule has 1 aliphatic rings. The smallest absolute Gasteiger partial charge is 0.152 e. The van der Waals surface area contributed by atoms with E-state index in [-0.39, 0.29) is 0 Å². The van der Waals surface area contributed by atoms with Crippen LogP contribution in [0.25, 0.3) is 0 Å². The zero-order chi connectivity index (χ0) is 13.5. The Bertz CT molecular complexity index is 358. The number of nitrogens with one attached hydrogen (secondary N) is 1. The summed E-state index contributed by atoms with van der Waals surface area (Å²) in [5.41, 5.74) is 0. The van der Waals surface area contributed by atoms with E-state index in [2.05, 4.69) is 29.2 Å². The van der Waals surface area contributed by atoms with Crippen molar-refractivity contribution in [3.63, 3.8) is 0 Å². The number of nitrogens with zero attached hydrogens (tertiary/aromatic N) is 3. The van der Waals surface area contributed by atoms with E-state index < -0.39 is 0 Å². The van der Waals surface area contributed by atoms with Gasteiger partial charge in [0, 0.05) is 13.2 Å². The standard InChI is InChI=1S/C14H26N4O/c1-12(2)9-18-14(16-11-17-18)10-19-7-5-13-4-3-6-15-8-13/h11-13,15H,3-10H2,1-2H3. The molecule has 5 nitrogen and oxygen atoms in total. The molecule has 0 aliphatic carbocycles. The molecule has 1 atom stereocenters. The van der Waals surface area contributed by atoms with Crippen molar-refractivity contribution in [1.82, 2.24) is 20.1 Å². The second-order valence-corrected chi connectivity index (χ2v) is 5.81. The fourth-order valence-electron chi connectivity index (χ4n) is 2.48. The van der Waals surface area contributed by atoms with Crippen molar-refractivity contribution in [1.29, 1.82) is 0 Å². The first-order chi connectivity index (χ1) is 9.25. The quantitative estimate of drug-likeness (QED) is 0.765. The Labute approximate surface area is 115 Å². The zero-order valence-corrected chi connectivity index (χ0v) is 12.1. The van der Waals surface area contributed by atoms with Crippen LogP contribution in [-0.2, 0) is 17.9 Å². The van der Waals surface area contributed by atoms with E-state index in [0.717, 1.165) is 37.9 Å². The summed E-state index contributed by atoms with van der Waals surface area (Å²) in [6, 6.07) is 0. The maximum Gasteiger partial charge on any atom is 0.152 e. The van der Waals surface area contributed by atoms with Crippen molar-refractivity contribution < 1.29 is 4.74 Å². The molecule has 0 aromatic carbocycles. The summed E-state index contributed by atoms with van der Waals surface area (Å²) in [5, 5.41) is 7.68. The van der Waals surface area contributed by atoms with E-state index >= 15 is 0 Å². The van der Waals surface area contributed by atoms with E-state index in [1.54, 1.807) is 6.33 Å². The fraction of sp³-hybridized carbons (Fsp3) is 0.857. The van der Waals surface area contributed by atoms with Gasteiger partial charge in [0.25, 0.3) is 0 Å². The molecule has 1 fully saturated rings. The lowest BCUT2D eigenvalue weighted by atomic mass is 9.97. The number of piperidine rings is 1. The number of hydrogen-bond acceptors (Lipinski definition) is 4. The molecule has 1 N–H and O–H groups in total. The first-order valence-corrected chi connectivity index (χ1v) is 7.41. The number of ether oxygens (including phenoxy) is 1. The highest BCUT2D eigenvalue weighted by molar-refractivity contribution is 4.81. The zero-order valence-electron chi connectivity index (χ0n) is 12.1. The minimum atomic E-state index is 0.576. The molecule has 0 spiro atoms. The van der Waals surface area contributed by atoms with Crippen LogP contribution in [0.3, 0.4) is 0 Å². The second-order valence-electron chi connectivity index (χ2n) is 5.81. The Morgan fingerprint density at radius 1 is 1.53 bits per heavy atom. The molecule has 5 heteroatoms. The minimum absolute atomic E-state index is 0.576. The van der Waals surface area contributed by atoms with Gasteiger partial charge < -0.3 is 10.1 Å². The van der Waals surface area contributed by atoms with Gasteiger partial charge in [-0.05, 0) is 44.2 Å². The molecule has 108 valence electrons. The Hall–Kier alpha value is -0.940. The molecule has 1 unspecified atom stereocenters. The lowest BCUT2D eigenvalue weighted by Gasteiger charge is -2.22. The molecule has 0 amide bonds. The van der Waals surface area contributed by atoms with Gasteiger partial charge in [-0.2, -0.15) is 5.10 Å². The maximum atomic E-state index is 5.75. The molecule has 0 saturated carbocycles. The molecular formula is C14H26N4O. The molecule has 2 heterocycles. The van der Waals surface area contributed by atoms with Crippen LogP contribution >= 0.6 is 0 Å². The van der Waals surface area contributed by atoms with E-state index in [1.807, 2.05) is 4.68 Å². The third-order valence-electron chi connectivity index (χ3n) is 3.53. The van der Waals surface area contributed by atoms with E-state index in [0.29, 0.717) is 12.5 Å². The van der Waals surface area contributed by atoms with Crippen molar-refractivity contribution in [2.24, 2.45) is 11.8 Å². The minimum Gasteiger partial charge on any atom is -0.373 e. The summed E-state index contributed by atoms with van der Waals surface area (Å²) < 4.78 is 7.70. The average Bonchev–Trinajstić information content (AvgIpc) is 2.82. The van der Waals surface area contributed by atoms with Crippen LogP contribution in [0.4, 0.5) is 0 Å². The summed E-state index contributed by atoms with van der Waals surface area (Å²) in [7, 11) is 0. The lowest BCUT2D eigenvalue weighted by Crippen LogP contribution is -2.30. The molecule has 0 radical (unpaired) electrons.